The van der Waals surface area contributed by atoms with Crippen LogP contribution in [0.2, 0.25) is 18.1 Å². The Balaban J connectivity index is 2.38. The maximum absolute atomic E-state index is 12.3. The van der Waals surface area contributed by atoms with E-state index < -0.39 is 14.4 Å². The lowest BCUT2D eigenvalue weighted by molar-refractivity contribution is -0.123. The van der Waals surface area contributed by atoms with Gasteiger partial charge in [-0.15, -0.1) is 0 Å². The van der Waals surface area contributed by atoms with Crippen LogP contribution in [0.1, 0.15) is 52.5 Å². The Morgan fingerprint density at radius 2 is 1.77 bits per heavy atom. The molecule has 1 aromatic carbocycles. The summed E-state index contributed by atoms with van der Waals surface area (Å²) in [5.74, 6) is 0.0337. The lowest BCUT2D eigenvalue weighted by atomic mass is 10.1. The lowest BCUT2D eigenvalue weighted by Crippen LogP contribution is -2.44. The molecule has 5 heteroatoms. The molecule has 0 spiro atoms. The third-order valence-electron chi connectivity index (χ3n) is 5.06. The molecule has 0 bridgehead atoms. The van der Waals surface area contributed by atoms with Crippen molar-refractivity contribution in [2.75, 3.05) is 6.61 Å². The van der Waals surface area contributed by atoms with Crippen molar-refractivity contribution in [2.45, 2.75) is 83.9 Å². The minimum Gasteiger partial charge on any atom is -0.414 e. The van der Waals surface area contributed by atoms with Crippen LogP contribution in [0.25, 0.3) is 0 Å². The molecule has 0 heterocycles. The molecule has 2 atom stereocenters. The minimum atomic E-state index is -1.89. The summed E-state index contributed by atoms with van der Waals surface area (Å²) in [6, 6.07) is 9.80. The number of carbonyl (C=O) groups excluding carboxylic acids is 1. The van der Waals surface area contributed by atoms with E-state index in [-0.39, 0.29) is 30.0 Å². The molecule has 1 rings (SSSR count). The Morgan fingerprint density at radius 1 is 1.15 bits per heavy atom. The Hall–Kier alpha value is -1.01. The van der Waals surface area contributed by atoms with Crippen LogP contribution in [0.15, 0.2) is 30.3 Å². The molecule has 0 aliphatic rings. The third kappa shape index (κ3) is 8.12. The van der Waals surface area contributed by atoms with Gasteiger partial charge in [-0.3, -0.25) is 4.79 Å². The van der Waals surface area contributed by atoms with Crippen LogP contribution in [0.3, 0.4) is 0 Å². The second-order valence-electron chi connectivity index (χ2n) is 8.51. The Morgan fingerprint density at radius 3 is 2.31 bits per heavy atom. The first-order valence-corrected chi connectivity index (χ1v) is 12.4. The molecule has 1 aromatic rings. The number of carbonyl (C=O) groups is 1. The number of benzene rings is 1. The maximum Gasteiger partial charge on any atom is 0.192 e. The average molecular weight is 381 g/mol. The molecule has 0 unspecified atom stereocenters. The van der Waals surface area contributed by atoms with Gasteiger partial charge in [0.15, 0.2) is 8.32 Å². The summed E-state index contributed by atoms with van der Waals surface area (Å²) in [5, 5.41) is 10.2. The van der Waals surface area contributed by atoms with Crippen molar-refractivity contribution in [3.8, 4) is 0 Å². The van der Waals surface area contributed by atoms with E-state index >= 15 is 0 Å². The lowest BCUT2D eigenvalue weighted by Gasteiger charge is -2.39. The standard InChI is InChI=1S/C21H36O4Si/c1-7-20(25-26(5,6)21(2,3)4)14-18(22)13-19(23)16-24-15-17-11-9-8-10-12-17/h8-12,19-20,23H,7,13-16H2,1-6H3/t19-,20+/m0/s1. The maximum atomic E-state index is 12.3. The Labute approximate surface area is 160 Å². The van der Waals surface area contributed by atoms with E-state index in [1.54, 1.807) is 0 Å². The highest BCUT2D eigenvalue weighted by Gasteiger charge is 2.39. The van der Waals surface area contributed by atoms with Crippen LogP contribution in [0.5, 0.6) is 0 Å². The predicted octanol–water partition coefficient (Wildman–Crippen LogP) is 4.71. The number of ether oxygens (including phenoxy) is 1. The van der Waals surface area contributed by atoms with Gasteiger partial charge < -0.3 is 14.3 Å². The Bertz CT molecular complexity index is 537. The first-order valence-electron chi connectivity index (χ1n) is 9.54. The first kappa shape index (κ1) is 23.0. The van der Waals surface area contributed by atoms with E-state index in [4.69, 9.17) is 9.16 Å². The molecule has 1 N–H and O–H groups in total. The van der Waals surface area contributed by atoms with Crippen molar-refractivity contribution in [3.63, 3.8) is 0 Å². The van der Waals surface area contributed by atoms with Crippen LogP contribution in [0.4, 0.5) is 0 Å². The van der Waals surface area contributed by atoms with Crippen molar-refractivity contribution in [1.29, 1.82) is 0 Å². The molecule has 148 valence electrons. The first-order chi connectivity index (χ1) is 12.0. The van der Waals surface area contributed by atoms with Crippen molar-refractivity contribution < 1.29 is 19.1 Å². The number of ketones is 1. The summed E-state index contributed by atoms with van der Waals surface area (Å²) in [5.41, 5.74) is 1.06. The van der Waals surface area contributed by atoms with Crippen LogP contribution in [-0.2, 0) is 20.6 Å². The second-order valence-corrected chi connectivity index (χ2v) is 13.3. The SMILES string of the molecule is CC[C@H](CC(=O)C[C@H](O)COCc1ccccc1)O[Si](C)(C)C(C)(C)C. The number of hydrogen-bond donors (Lipinski definition) is 1. The number of hydrogen-bond acceptors (Lipinski definition) is 4. The average Bonchev–Trinajstić information content (AvgIpc) is 2.53. The minimum absolute atomic E-state index is 0.0337. The van der Waals surface area contributed by atoms with Gasteiger partial charge in [0, 0.05) is 12.8 Å². The molecule has 0 radical (unpaired) electrons. The fraction of sp³-hybridized carbons (Fsp3) is 0.667. The fourth-order valence-electron chi connectivity index (χ4n) is 2.41. The van der Waals surface area contributed by atoms with Crippen molar-refractivity contribution in [1.82, 2.24) is 0 Å². The van der Waals surface area contributed by atoms with Gasteiger partial charge in [-0.2, -0.15) is 0 Å². The highest BCUT2D eigenvalue weighted by Crippen LogP contribution is 2.38. The van der Waals surface area contributed by atoms with Gasteiger partial charge >= 0.3 is 0 Å². The number of aliphatic hydroxyl groups excluding tert-OH is 1. The van der Waals surface area contributed by atoms with Crippen LogP contribution in [0, 0.1) is 0 Å². The molecule has 0 fully saturated rings. The Kier molecular flexibility index (Phi) is 9.17. The van der Waals surface area contributed by atoms with Gasteiger partial charge in [-0.25, -0.2) is 0 Å². The summed E-state index contributed by atoms with van der Waals surface area (Å²) >= 11 is 0. The van der Waals surface area contributed by atoms with Crippen LogP contribution in [-0.4, -0.2) is 38.0 Å². The molecule has 0 saturated heterocycles. The molecule has 0 amide bonds. The second kappa shape index (κ2) is 10.4. The summed E-state index contributed by atoms with van der Waals surface area (Å²) < 4.78 is 11.9. The highest BCUT2D eigenvalue weighted by molar-refractivity contribution is 6.74. The van der Waals surface area contributed by atoms with E-state index in [1.807, 2.05) is 37.3 Å². The monoisotopic (exact) mass is 380 g/mol. The highest BCUT2D eigenvalue weighted by atomic mass is 28.4. The molecular weight excluding hydrogens is 344 g/mol. The van der Waals surface area contributed by atoms with Crippen LogP contribution < -0.4 is 0 Å². The summed E-state index contributed by atoms with van der Waals surface area (Å²) in [7, 11) is -1.89. The topological polar surface area (TPSA) is 55.8 Å². The van der Waals surface area contributed by atoms with Gasteiger partial charge in [0.2, 0.25) is 0 Å². The van der Waals surface area contributed by atoms with Crippen molar-refractivity contribution in [3.05, 3.63) is 35.9 Å². The van der Waals surface area contributed by atoms with Gasteiger partial charge in [0.05, 0.1) is 25.4 Å². The fourth-order valence-corrected chi connectivity index (χ4v) is 3.85. The van der Waals surface area contributed by atoms with E-state index in [9.17, 15) is 9.90 Å². The van der Waals surface area contributed by atoms with E-state index in [2.05, 4.69) is 33.9 Å². The number of Topliss-reactive ketones (excluding diaryl/α,β-unsaturated/α-hetero) is 1. The van der Waals surface area contributed by atoms with Gasteiger partial charge in [0.25, 0.3) is 0 Å². The molecule has 4 nitrogen and oxygen atoms in total. The smallest absolute Gasteiger partial charge is 0.192 e. The summed E-state index contributed by atoms with van der Waals surface area (Å²) in [6.45, 7) is 13.6. The van der Waals surface area contributed by atoms with E-state index in [0.29, 0.717) is 13.0 Å². The quantitative estimate of drug-likeness (QED) is 0.565. The largest absolute Gasteiger partial charge is 0.414 e. The van der Waals surface area contributed by atoms with Gasteiger partial charge in [-0.1, -0.05) is 58.0 Å². The van der Waals surface area contributed by atoms with E-state index in [0.717, 1.165) is 12.0 Å². The molecule has 0 aliphatic heterocycles. The molecule has 0 saturated carbocycles. The zero-order chi connectivity index (χ0) is 19.8. The molecular formula is C21H36O4Si. The normalized spacial score (nSPS) is 14.9. The number of aliphatic hydroxyl groups is 1. The van der Waals surface area contributed by atoms with Gasteiger partial charge in [0.1, 0.15) is 5.78 Å². The number of rotatable bonds is 11. The molecule has 0 aromatic heterocycles. The molecule has 26 heavy (non-hydrogen) atoms. The molecule has 0 aliphatic carbocycles. The van der Waals surface area contributed by atoms with E-state index in [1.165, 1.54) is 0 Å². The van der Waals surface area contributed by atoms with Crippen molar-refractivity contribution in [2.24, 2.45) is 0 Å². The zero-order valence-electron chi connectivity index (χ0n) is 17.2. The van der Waals surface area contributed by atoms with Gasteiger partial charge in [-0.05, 0) is 30.1 Å². The van der Waals surface area contributed by atoms with Crippen molar-refractivity contribution >= 4 is 14.1 Å². The third-order valence-corrected chi connectivity index (χ3v) is 9.60. The summed E-state index contributed by atoms with van der Waals surface area (Å²) in [4.78, 5) is 12.3. The zero-order valence-corrected chi connectivity index (χ0v) is 18.2. The van der Waals surface area contributed by atoms with Crippen LogP contribution >= 0.6 is 0 Å². The summed E-state index contributed by atoms with van der Waals surface area (Å²) in [6.07, 6.45) is 0.446. The predicted molar refractivity (Wildman–Crippen MR) is 109 cm³/mol.